The lowest BCUT2D eigenvalue weighted by Gasteiger charge is -2.24. The number of amides is 2. The van der Waals surface area contributed by atoms with Crippen LogP contribution < -0.4 is 4.90 Å². The number of nitrogens with zero attached hydrogens (tertiary/aromatic N) is 3. The molecule has 1 heterocycles. The van der Waals surface area contributed by atoms with Gasteiger partial charge in [-0.1, -0.05) is 0 Å². The topological polar surface area (TPSA) is 119 Å². The van der Waals surface area contributed by atoms with Gasteiger partial charge in [0, 0.05) is 32.7 Å². The number of nitro groups is 1. The van der Waals surface area contributed by atoms with Gasteiger partial charge >= 0.3 is 11.7 Å². The number of benzene rings is 1. The zero-order chi connectivity index (χ0) is 21.6. The fourth-order valence-corrected chi connectivity index (χ4v) is 3.02. The van der Waals surface area contributed by atoms with E-state index in [2.05, 4.69) is 0 Å². The van der Waals surface area contributed by atoms with Crippen LogP contribution in [0.25, 0.3) is 0 Å². The van der Waals surface area contributed by atoms with E-state index in [9.17, 15) is 28.9 Å². The fraction of sp³-hybridized carbons (Fsp3) is 0.500. The molecule has 1 aromatic rings. The largest absolute Gasteiger partial charge is 0.465 e. The highest BCUT2D eigenvalue weighted by Crippen LogP contribution is 2.30. The zero-order valence-electron chi connectivity index (χ0n) is 16.1. The Morgan fingerprint density at radius 3 is 2.76 bits per heavy atom. The first kappa shape index (κ1) is 22.2. The Kier molecular flexibility index (Phi) is 7.59. The minimum Gasteiger partial charge on any atom is -0.465 e. The van der Waals surface area contributed by atoms with Crippen LogP contribution in [0.5, 0.6) is 0 Å². The molecule has 0 aliphatic carbocycles. The number of carbonyl (C=O) groups is 3. The molecule has 0 saturated carbocycles. The van der Waals surface area contributed by atoms with Crippen LogP contribution in [0.2, 0.25) is 0 Å². The van der Waals surface area contributed by atoms with Crippen LogP contribution in [0.4, 0.5) is 15.8 Å². The molecule has 11 heteroatoms. The van der Waals surface area contributed by atoms with Gasteiger partial charge in [-0.2, -0.15) is 4.39 Å². The molecule has 0 radical (unpaired) electrons. The predicted octanol–water partition coefficient (Wildman–Crippen LogP) is 1.12. The lowest BCUT2D eigenvalue weighted by atomic mass is 10.1. The molecule has 1 fully saturated rings. The molecule has 1 atom stereocenters. The maximum absolute atomic E-state index is 13.6. The lowest BCUT2D eigenvalue weighted by molar-refractivity contribution is -0.387. The highest BCUT2D eigenvalue weighted by molar-refractivity contribution is 6.00. The molecule has 1 aromatic carbocycles. The number of rotatable bonds is 9. The Morgan fingerprint density at radius 2 is 2.14 bits per heavy atom. The summed E-state index contributed by atoms with van der Waals surface area (Å²) in [5.74, 6) is -3.20. The molecule has 1 aliphatic rings. The number of ether oxygens (including phenoxy) is 2. The van der Waals surface area contributed by atoms with Crippen molar-refractivity contribution in [3.63, 3.8) is 0 Å². The van der Waals surface area contributed by atoms with Gasteiger partial charge in [0.15, 0.2) is 0 Å². The van der Waals surface area contributed by atoms with Gasteiger partial charge < -0.3 is 19.3 Å². The number of esters is 1. The zero-order valence-corrected chi connectivity index (χ0v) is 16.1. The molecule has 29 heavy (non-hydrogen) atoms. The number of halogens is 1. The summed E-state index contributed by atoms with van der Waals surface area (Å²) in [6, 6.07) is 3.11. The van der Waals surface area contributed by atoms with E-state index < -0.39 is 40.1 Å². The van der Waals surface area contributed by atoms with Crippen LogP contribution in [0.3, 0.4) is 0 Å². The van der Waals surface area contributed by atoms with E-state index >= 15 is 0 Å². The van der Waals surface area contributed by atoms with Gasteiger partial charge in [-0.3, -0.25) is 24.5 Å². The number of carbonyl (C=O) groups excluding carboxylic acids is 3. The summed E-state index contributed by atoms with van der Waals surface area (Å²) >= 11 is 0. The third-order valence-electron chi connectivity index (χ3n) is 4.41. The third-order valence-corrected chi connectivity index (χ3v) is 4.41. The summed E-state index contributed by atoms with van der Waals surface area (Å²) < 4.78 is 23.4. The van der Waals surface area contributed by atoms with Gasteiger partial charge in [-0.25, -0.2) is 0 Å². The lowest BCUT2D eigenvalue weighted by Crippen LogP contribution is -2.42. The molecule has 0 bridgehead atoms. The molecule has 0 spiro atoms. The van der Waals surface area contributed by atoms with Crippen LogP contribution in [0.15, 0.2) is 18.2 Å². The molecule has 10 nitrogen and oxygen atoms in total. The molecule has 1 aliphatic heterocycles. The van der Waals surface area contributed by atoms with Crippen LogP contribution in [-0.2, 0) is 23.9 Å². The van der Waals surface area contributed by atoms with Crippen LogP contribution in [0.1, 0.15) is 13.3 Å². The van der Waals surface area contributed by atoms with Gasteiger partial charge in [-0.05, 0) is 19.1 Å². The Labute approximate surface area is 166 Å². The summed E-state index contributed by atoms with van der Waals surface area (Å²) in [6.45, 7) is 1.84. The predicted molar refractivity (Wildman–Crippen MR) is 98.6 cm³/mol. The summed E-state index contributed by atoms with van der Waals surface area (Å²) in [5.41, 5.74) is -0.624. The van der Waals surface area contributed by atoms with E-state index in [1.807, 2.05) is 0 Å². The first-order chi connectivity index (χ1) is 13.8. The van der Waals surface area contributed by atoms with Crippen molar-refractivity contribution in [3.05, 3.63) is 34.1 Å². The SMILES string of the molecule is CCOC(=O)CN(CCOC)C(=O)C1CC(=O)N(c2ccc(F)c([N+](=O)[O-])c2)C1. The summed E-state index contributed by atoms with van der Waals surface area (Å²) in [6.07, 6.45) is -0.129. The van der Waals surface area contributed by atoms with E-state index in [0.717, 1.165) is 12.1 Å². The normalized spacial score (nSPS) is 16.0. The number of nitro benzene ring substituents is 1. The quantitative estimate of drug-likeness (QED) is 0.339. The minimum absolute atomic E-state index is 0.0350. The van der Waals surface area contributed by atoms with Gasteiger partial charge in [0.05, 0.1) is 29.7 Å². The standard InChI is InChI=1S/C18H22FN3O7/c1-3-29-17(24)11-20(6-7-28-2)18(25)12-8-16(23)21(10-12)13-4-5-14(19)15(9-13)22(26)27/h4-5,9,12H,3,6-8,10-11H2,1-2H3. The molecule has 1 unspecified atom stereocenters. The van der Waals surface area contributed by atoms with Crippen molar-refractivity contribution in [1.29, 1.82) is 0 Å². The van der Waals surface area contributed by atoms with E-state index in [-0.39, 0.29) is 45.0 Å². The second-order valence-electron chi connectivity index (χ2n) is 6.36. The first-order valence-electron chi connectivity index (χ1n) is 8.96. The smallest absolute Gasteiger partial charge is 0.325 e. The Morgan fingerprint density at radius 1 is 1.41 bits per heavy atom. The summed E-state index contributed by atoms with van der Waals surface area (Å²) in [4.78, 5) is 49.6. The first-order valence-corrected chi connectivity index (χ1v) is 8.96. The highest BCUT2D eigenvalue weighted by Gasteiger charge is 2.38. The number of anilines is 1. The molecule has 2 rings (SSSR count). The van der Waals surface area contributed by atoms with Crippen molar-refractivity contribution in [2.24, 2.45) is 5.92 Å². The maximum Gasteiger partial charge on any atom is 0.325 e. The van der Waals surface area contributed by atoms with E-state index in [0.29, 0.717) is 0 Å². The Balaban J connectivity index is 2.16. The van der Waals surface area contributed by atoms with Crippen molar-refractivity contribution >= 4 is 29.2 Å². The Hall–Kier alpha value is -3.08. The van der Waals surface area contributed by atoms with E-state index in [4.69, 9.17) is 9.47 Å². The molecule has 0 aromatic heterocycles. The van der Waals surface area contributed by atoms with Gasteiger partial charge in [0.2, 0.25) is 17.6 Å². The van der Waals surface area contributed by atoms with Crippen molar-refractivity contribution in [2.45, 2.75) is 13.3 Å². The molecule has 158 valence electrons. The molecule has 0 N–H and O–H groups in total. The molecular weight excluding hydrogens is 389 g/mol. The van der Waals surface area contributed by atoms with E-state index in [1.165, 1.54) is 23.0 Å². The molecule has 2 amide bonds. The monoisotopic (exact) mass is 411 g/mol. The van der Waals surface area contributed by atoms with Gasteiger partial charge in [0.1, 0.15) is 6.54 Å². The van der Waals surface area contributed by atoms with Crippen molar-refractivity contribution < 1.29 is 33.2 Å². The number of hydrogen-bond donors (Lipinski definition) is 0. The van der Waals surface area contributed by atoms with Crippen molar-refractivity contribution in [1.82, 2.24) is 4.90 Å². The molecule has 1 saturated heterocycles. The van der Waals surface area contributed by atoms with Crippen molar-refractivity contribution in [3.8, 4) is 0 Å². The van der Waals surface area contributed by atoms with Gasteiger partial charge in [0.25, 0.3) is 0 Å². The minimum atomic E-state index is -1.02. The van der Waals surface area contributed by atoms with E-state index in [1.54, 1.807) is 6.92 Å². The highest BCUT2D eigenvalue weighted by atomic mass is 19.1. The van der Waals surface area contributed by atoms with Crippen molar-refractivity contribution in [2.75, 3.05) is 44.9 Å². The maximum atomic E-state index is 13.6. The number of methoxy groups -OCH3 is 1. The average Bonchev–Trinajstić information content (AvgIpc) is 3.06. The Bertz CT molecular complexity index is 802. The van der Waals surface area contributed by atoms with Gasteiger partial charge in [-0.15, -0.1) is 0 Å². The number of hydrogen-bond acceptors (Lipinski definition) is 7. The summed E-state index contributed by atoms with van der Waals surface area (Å²) in [7, 11) is 1.45. The van der Waals surface area contributed by atoms with Crippen LogP contribution in [-0.4, -0.2) is 67.6 Å². The second-order valence-corrected chi connectivity index (χ2v) is 6.36. The summed E-state index contributed by atoms with van der Waals surface area (Å²) in [5, 5.41) is 10.9. The third kappa shape index (κ3) is 5.47. The fourth-order valence-electron chi connectivity index (χ4n) is 3.02. The van der Waals surface area contributed by atoms with Crippen LogP contribution >= 0.6 is 0 Å². The average molecular weight is 411 g/mol. The molecular formula is C18H22FN3O7. The van der Waals surface area contributed by atoms with Crippen LogP contribution in [0, 0.1) is 21.8 Å². The second kappa shape index (κ2) is 9.92.